The van der Waals surface area contributed by atoms with Crippen LogP contribution in [0.2, 0.25) is 0 Å². The quantitative estimate of drug-likeness (QED) is 0.585. The van der Waals surface area contributed by atoms with Gasteiger partial charge in [0.25, 0.3) is 5.91 Å². The van der Waals surface area contributed by atoms with Crippen molar-refractivity contribution >= 4 is 17.2 Å². The number of carbonyl (C=O) groups excluding carboxylic acids is 1. The SMILES string of the molecule is CCOc1ccc(-c2ccc(C(=O)N[C@H](C)CCCN(CC)CC)s2)cc1. The highest BCUT2D eigenvalue weighted by Crippen LogP contribution is 2.29. The Labute approximate surface area is 167 Å². The number of hydrogen-bond donors (Lipinski definition) is 1. The molecule has 0 saturated heterocycles. The van der Waals surface area contributed by atoms with Gasteiger partial charge in [-0.1, -0.05) is 13.8 Å². The van der Waals surface area contributed by atoms with E-state index in [2.05, 4.69) is 31.0 Å². The predicted molar refractivity (Wildman–Crippen MR) is 115 cm³/mol. The Hall–Kier alpha value is -1.85. The van der Waals surface area contributed by atoms with Crippen LogP contribution in [0.5, 0.6) is 5.75 Å². The average molecular weight is 389 g/mol. The van der Waals surface area contributed by atoms with Gasteiger partial charge >= 0.3 is 0 Å². The second-order valence-electron chi connectivity index (χ2n) is 6.66. The third-order valence-corrected chi connectivity index (χ3v) is 5.80. The smallest absolute Gasteiger partial charge is 0.261 e. The Balaban J connectivity index is 1.86. The van der Waals surface area contributed by atoms with Gasteiger partial charge < -0.3 is 15.0 Å². The Morgan fingerprint density at radius 1 is 1.11 bits per heavy atom. The van der Waals surface area contributed by atoms with Crippen molar-refractivity contribution in [2.75, 3.05) is 26.2 Å². The highest BCUT2D eigenvalue weighted by Gasteiger charge is 2.13. The van der Waals surface area contributed by atoms with Crippen LogP contribution in [-0.2, 0) is 0 Å². The number of thiophene rings is 1. The van der Waals surface area contributed by atoms with E-state index in [1.54, 1.807) is 0 Å². The van der Waals surface area contributed by atoms with Crippen LogP contribution in [0.4, 0.5) is 0 Å². The summed E-state index contributed by atoms with van der Waals surface area (Å²) >= 11 is 1.53. The minimum atomic E-state index is 0.0209. The molecule has 148 valence electrons. The van der Waals surface area contributed by atoms with Gasteiger partial charge in [0.05, 0.1) is 11.5 Å². The number of hydrogen-bond acceptors (Lipinski definition) is 4. The van der Waals surface area contributed by atoms with Crippen molar-refractivity contribution in [2.24, 2.45) is 0 Å². The predicted octanol–water partition coefficient (Wildman–Crippen LogP) is 5.05. The zero-order chi connectivity index (χ0) is 19.6. The molecule has 1 amide bonds. The number of rotatable bonds is 11. The lowest BCUT2D eigenvalue weighted by Crippen LogP contribution is -2.33. The zero-order valence-corrected chi connectivity index (χ0v) is 17.8. The Morgan fingerprint density at radius 2 is 1.81 bits per heavy atom. The summed E-state index contributed by atoms with van der Waals surface area (Å²) < 4.78 is 5.48. The normalized spacial score (nSPS) is 12.2. The number of amides is 1. The van der Waals surface area contributed by atoms with Crippen molar-refractivity contribution in [3.05, 3.63) is 41.3 Å². The molecule has 1 N–H and O–H groups in total. The molecule has 1 heterocycles. The Kier molecular flexibility index (Phi) is 8.82. The van der Waals surface area contributed by atoms with Crippen LogP contribution < -0.4 is 10.1 Å². The average Bonchev–Trinajstić information content (AvgIpc) is 3.16. The summed E-state index contributed by atoms with van der Waals surface area (Å²) in [4.78, 5) is 16.8. The van der Waals surface area contributed by atoms with E-state index in [9.17, 15) is 4.79 Å². The van der Waals surface area contributed by atoms with Crippen molar-refractivity contribution in [2.45, 2.75) is 46.6 Å². The monoisotopic (exact) mass is 388 g/mol. The van der Waals surface area contributed by atoms with Crippen molar-refractivity contribution in [1.82, 2.24) is 10.2 Å². The van der Waals surface area contributed by atoms with Gasteiger partial charge in [0.15, 0.2) is 0 Å². The molecule has 0 bridgehead atoms. The second-order valence-corrected chi connectivity index (χ2v) is 7.75. The second kappa shape index (κ2) is 11.1. The van der Waals surface area contributed by atoms with Crippen LogP contribution in [0.25, 0.3) is 10.4 Å². The van der Waals surface area contributed by atoms with Crippen LogP contribution in [0.1, 0.15) is 50.2 Å². The third kappa shape index (κ3) is 6.67. The van der Waals surface area contributed by atoms with Gasteiger partial charge in [0.2, 0.25) is 0 Å². The van der Waals surface area contributed by atoms with E-state index in [4.69, 9.17) is 4.74 Å². The number of nitrogens with one attached hydrogen (secondary N) is 1. The first-order valence-electron chi connectivity index (χ1n) is 9.93. The highest BCUT2D eigenvalue weighted by molar-refractivity contribution is 7.17. The maximum atomic E-state index is 12.5. The van der Waals surface area contributed by atoms with Gasteiger partial charge in [0, 0.05) is 10.9 Å². The molecule has 5 heteroatoms. The fourth-order valence-electron chi connectivity index (χ4n) is 3.03. The molecule has 0 radical (unpaired) electrons. The van der Waals surface area contributed by atoms with Crippen molar-refractivity contribution in [3.63, 3.8) is 0 Å². The number of benzene rings is 1. The Morgan fingerprint density at radius 3 is 2.44 bits per heavy atom. The molecule has 0 unspecified atom stereocenters. The largest absolute Gasteiger partial charge is 0.494 e. The fraction of sp³-hybridized carbons (Fsp3) is 0.500. The molecule has 27 heavy (non-hydrogen) atoms. The zero-order valence-electron chi connectivity index (χ0n) is 17.0. The van der Waals surface area contributed by atoms with E-state index in [0.29, 0.717) is 6.61 Å². The van der Waals surface area contributed by atoms with Crippen molar-refractivity contribution < 1.29 is 9.53 Å². The molecule has 0 aliphatic carbocycles. The molecule has 1 aromatic heterocycles. The van der Waals surface area contributed by atoms with E-state index in [0.717, 1.165) is 53.5 Å². The highest BCUT2D eigenvalue weighted by atomic mass is 32.1. The van der Waals surface area contributed by atoms with Crippen LogP contribution in [0, 0.1) is 0 Å². The molecule has 1 atom stereocenters. The van der Waals surface area contributed by atoms with Gasteiger partial charge in [-0.25, -0.2) is 0 Å². The molecule has 4 nitrogen and oxygen atoms in total. The van der Waals surface area contributed by atoms with E-state index in [-0.39, 0.29) is 11.9 Å². The summed E-state index contributed by atoms with van der Waals surface area (Å²) in [6.07, 6.45) is 2.10. The number of ether oxygens (including phenoxy) is 1. The lowest BCUT2D eigenvalue weighted by Gasteiger charge is -2.19. The lowest BCUT2D eigenvalue weighted by molar-refractivity contribution is 0.0941. The molecule has 2 aromatic rings. The summed E-state index contributed by atoms with van der Waals surface area (Å²) in [7, 11) is 0. The van der Waals surface area contributed by atoms with Crippen molar-refractivity contribution in [1.29, 1.82) is 0 Å². The molecular formula is C22H32N2O2S. The summed E-state index contributed by atoms with van der Waals surface area (Å²) in [5.41, 5.74) is 1.11. The first-order valence-corrected chi connectivity index (χ1v) is 10.7. The van der Waals surface area contributed by atoms with Gasteiger partial charge in [-0.3, -0.25) is 4.79 Å². The lowest BCUT2D eigenvalue weighted by atomic mass is 10.1. The van der Waals surface area contributed by atoms with Crippen molar-refractivity contribution in [3.8, 4) is 16.2 Å². The summed E-state index contributed by atoms with van der Waals surface area (Å²) in [6.45, 7) is 12.4. The van der Waals surface area contributed by atoms with E-state index in [1.807, 2.05) is 43.3 Å². The molecule has 2 rings (SSSR count). The number of carbonyl (C=O) groups is 1. The third-order valence-electron chi connectivity index (χ3n) is 4.66. The maximum absolute atomic E-state index is 12.5. The standard InChI is InChI=1S/C22H32N2O2S/c1-5-24(6-2)16-8-9-17(4)23-22(25)21-15-14-20(27-21)18-10-12-19(13-11-18)26-7-3/h10-15,17H,5-9,16H2,1-4H3,(H,23,25)/t17-/m1/s1. The van der Waals surface area contributed by atoms with Crippen LogP contribution in [0.3, 0.4) is 0 Å². The van der Waals surface area contributed by atoms with E-state index in [1.165, 1.54) is 11.3 Å². The fourth-order valence-corrected chi connectivity index (χ4v) is 3.94. The first-order chi connectivity index (χ1) is 13.1. The van der Waals surface area contributed by atoms with Crippen LogP contribution in [0.15, 0.2) is 36.4 Å². The minimum absolute atomic E-state index is 0.0209. The minimum Gasteiger partial charge on any atom is -0.494 e. The maximum Gasteiger partial charge on any atom is 0.261 e. The van der Waals surface area contributed by atoms with Gasteiger partial charge in [0.1, 0.15) is 5.75 Å². The molecule has 1 aromatic carbocycles. The first kappa shape index (κ1) is 21.5. The molecule has 0 saturated carbocycles. The van der Waals surface area contributed by atoms with Gasteiger partial charge in [-0.05, 0) is 88.3 Å². The van der Waals surface area contributed by atoms with Crippen LogP contribution >= 0.6 is 11.3 Å². The van der Waals surface area contributed by atoms with E-state index >= 15 is 0 Å². The molecule has 0 spiro atoms. The van der Waals surface area contributed by atoms with Gasteiger partial charge in [-0.15, -0.1) is 11.3 Å². The summed E-state index contributed by atoms with van der Waals surface area (Å²) in [6, 6.07) is 12.1. The van der Waals surface area contributed by atoms with E-state index < -0.39 is 0 Å². The van der Waals surface area contributed by atoms with Gasteiger partial charge in [-0.2, -0.15) is 0 Å². The Bertz CT molecular complexity index is 693. The molecule has 0 fully saturated rings. The summed E-state index contributed by atoms with van der Waals surface area (Å²) in [5, 5.41) is 3.13. The topological polar surface area (TPSA) is 41.6 Å². The molecule has 0 aliphatic rings. The molecule has 0 aliphatic heterocycles. The number of nitrogens with zero attached hydrogens (tertiary/aromatic N) is 1. The summed E-state index contributed by atoms with van der Waals surface area (Å²) in [5.74, 6) is 0.891. The molecular weight excluding hydrogens is 356 g/mol. The van der Waals surface area contributed by atoms with Crippen LogP contribution in [-0.4, -0.2) is 43.1 Å².